The summed E-state index contributed by atoms with van der Waals surface area (Å²) in [7, 11) is -3.31. The summed E-state index contributed by atoms with van der Waals surface area (Å²) in [5.74, 6) is -0.517. The number of fused-ring (bicyclic) bond motifs is 2. The number of nitrogens with one attached hydrogen (secondary N) is 1. The first-order valence-electron chi connectivity index (χ1n) is 6.51. The van der Waals surface area contributed by atoms with Crippen LogP contribution >= 0.6 is 0 Å². The van der Waals surface area contributed by atoms with E-state index in [1.54, 1.807) is 0 Å². The van der Waals surface area contributed by atoms with E-state index in [0.29, 0.717) is 24.5 Å². The lowest BCUT2D eigenvalue weighted by atomic mass is 10.0. The quantitative estimate of drug-likeness (QED) is 0.331. The maximum atomic E-state index is 12.1. The second-order valence-electron chi connectivity index (χ2n) is 4.82. The van der Waals surface area contributed by atoms with Gasteiger partial charge in [-0.05, 0) is 12.8 Å². The molecule has 0 aromatic rings. The van der Waals surface area contributed by atoms with E-state index in [-0.39, 0.29) is 13.2 Å². The van der Waals surface area contributed by atoms with Gasteiger partial charge in [0.15, 0.2) is 0 Å². The number of rotatable bonds is 7. The zero-order valence-corrected chi connectivity index (χ0v) is 12.6. The second kappa shape index (κ2) is 6.75. The highest BCUT2D eigenvalue weighted by atomic mass is 32.3. The molecule has 2 heterocycles. The van der Waals surface area contributed by atoms with Gasteiger partial charge in [0.2, 0.25) is 0 Å². The lowest BCUT2D eigenvalue weighted by Gasteiger charge is -2.28. The minimum absolute atomic E-state index is 0.129. The van der Waals surface area contributed by atoms with E-state index in [1.165, 1.54) is 12.0 Å². The van der Waals surface area contributed by atoms with Crippen molar-refractivity contribution >= 4 is 22.3 Å². The van der Waals surface area contributed by atoms with Crippen molar-refractivity contribution in [2.75, 3.05) is 26.9 Å². The summed E-state index contributed by atoms with van der Waals surface area (Å²) in [6.07, 6.45) is 0.676. The number of piperidine rings is 1. The van der Waals surface area contributed by atoms with Crippen LogP contribution in [0.15, 0.2) is 0 Å². The molecule has 2 saturated heterocycles. The first-order valence-corrected chi connectivity index (χ1v) is 7.87. The fourth-order valence-corrected chi connectivity index (χ4v) is 2.81. The molecule has 2 atom stereocenters. The molecular weight excluding hydrogens is 322 g/mol. The van der Waals surface area contributed by atoms with Crippen LogP contribution in [-0.4, -0.2) is 73.8 Å². The zero-order valence-electron chi connectivity index (χ0n) is 11.8. The van der Waals surface area contributed by atoms with Crippen LogP contribution < -0.4 is 5.48 Å². The first kappa shape index (κ1) is 16.9. The zero-order chi connectivity index (χ0) is 16.3. The number of carbonyl (C=O) groups is 2. The van der Waals surface area contributed by atoms with Gasteiger partial charge in [-0.1, -0.05) is 0 Å². The van der Waals surface area contributed by atoms with E-state index in [4.69, 9.17) is 14.1 Å². The fraction of sp³-hybridized carbons (Fsp3) is 0.800. The molecule has 22 heavy (non-hydrogen) atoms. The lowest BCUT2D eigenvalue weighted by molar-refractivity contribution is -0.139. The van der Waals surface area contributed by atoms with Crippen molar-refractivity contribution < 1.29 is 36.4 Å². The molecule has 1 unspecified atom stereocenters. The van der Waals surface area contributed by atoms with E-state index in [0.717, 1.165) is 0 Å². The van der Waals surface area contributed by atoms with Crippen LogP contribution in [-0.2, 0) is 29.1 Å². The van der Waals surface area contributed by atoms with Gasteiger partial charge in [-0.15, -0.1) is 4.28 Å². The van der Waals surface area contributed by atoms with Crippen molar-refractivity contribution in [3.63, 3.8) is 0 Å². The summed E-state index contributed by atoms with van der Waals surface area (Å²) >= 11 is 0. The first-order chi connectivity index (χ1) is 10.3. The second-order valence-corrected chi connectivity index (χ2v) is 5.82. The van der Waals surface area contributed by atoms with Gasteiger partial charge >= 0.3 is 16.4 Å². The molecule has 0 spiro atoms. The van der Waals surface area contributed by atoms with Crippen LogP contribution in [0.3, 0.4) is 0 Å². The number of hydroxylamine groups is 3. The SMILES string of the molecule is COCCONC(=O)[C@@H]1CCC2CN1C(=O)N2OS(=O)(=O)O. The Bertz CT molecular complexity index is 538. The summed E-state index contributed by atoms with van der Waals surface area (Å²) in [6, 6.07) is -2.12. The molecule has 0 radical (unpaired) electrons. The van der Waals surface area contributed by atoms with Crippen molar-refractivity contribution in [2.45, 2.75) is 24.9 Å². The van der Waals surface area contributed by atoms with Gasteiger partial charge in [0.25, 0.3) is 5.91 Å². The molecule has 2 fully saturated rings. The molecule has 2 bridgehead atoms. The van der Waals surface area contributed by atoms with Crippen molar-refractivity contribution in [1.82, 2.24) is 15.4 Å². The average molecular weight is 339 g/mol. The van der Waals surface area contributed by atoms with Crippen molar-refractivity contribution in [2.24, 2.45) is 0 Å². The molecule has 0 saturated carbocycles. The maximum absolute atomic E-state index is 12.1. The molecule has 12 heteroatoms. The summed E-state index contributed by atoms with van der Waals surface area (Å²) in [6.45, 7) is 0.583. The molecule has 2 aliphatic heterocycles. The van der Waals surface area contributed by atoms with Crippen LogP contribution in [0, 0.1) is 0 Å². The maximum Gasteiger partial charge on any atom is 0.418 e. The minimum atomic E-state index is -4.80. The third kappa shape index (κ3) is 3.84. The third-order valence-electron chi connectivity index (χ3n) is 3.36. The van der Waals surface area contributed by atoms with Gasteiger partial charge in [0, 0.05) is 13.7 Å². The van der Waals surface area contributed by atoms with Crippen molar-refractivity contribution in [3.8, 4) is 0 Å². The number of ether oxygens (including phenoxy) is 1. The van der Waals surface area contributed by atoms with Crippen LogP contribution in [0.5, 0.6) is 0 Å². The topological polar surface area (TPSA) is 135 Å². The van der Waals surface area contributed by atoms with E-state index >= 15 is 0 Å². The van der Waals surface area contributed by atoms with Gasteiger partial charge in [-0.2, -0.15) is 13.5 Å². The Morgan fingerprint density at radius 1 is 1.41 bits per heavy atom. The molecule has 0 aromatic carbocycles. The van der Waals surface area contributed by atoms with E-state index < -0.39 is 34.4 Å². The van der Waals surface area contributed by atoms with Crippen molar-refractivity contribution in [1.29, 1.82) is 0 Å². The van der Waals surface area contributed by atoms with Crippen LogP contribution in [0.4, 0.5) is 4.79 Å². The number of hydrogen-bond donors (Lipinski definition) is 2. The average Bonchev–Trinajstić information content (AvgIpc) is 2.67. The number of amides is 3. The van der Waals surface area contributed by atoms with Gasteiger partial charge in [0.1, 0.15) is 6.04 Å². The van der Waals surface area contributed by atoms with E-state index in [9.17, 15) is 18.0 Å². The smallest absolute Gasteiger partial charge is 0.382 e. The number of carbonyl (C=O) groups excluding carboxylic acids is 2. The van der Waals surface area contributed by atoms with Crippen LogP contribution in [0.2, 0.25) is 0 Å². The number of urea groups is 1. The van der Waals surface area contributed by atoms with Gasteiger partial charge in [-0.3, -0.25) is 14.2 Å². The molecule has 11 nitrogen and oxygen atoms in total. The Morgan fingerprint density at radius 2 is 2.14 bits per heavy atom. The predicted molar refractivity (Wildman–Crippen MR) is 69.4 cm³/mol. The standard InChI is InChI=1S/C10H17N3O8S/c1-19-4-5-20-11-9(14)8-3-2-7-6-12(8)10(15)13(7)21-22(16,17)18/h7-8H,2-6H2,1H3,(H,11,14)(H,16,17,18)/t7?,8-/m0/s1. The summed E-state index contributed by atoms with van der Waals surface area (Å²) in [4.78, 5) is 30.1. The Labute approximate surface area is 126 Å². The number of nitrogens with zero attached hydrogens (tertiary/aromatic N) is 2. The Balaban J connectivity index is 1.95. The fourth-order valence-electron chi connectivity index (χ4n) is 2.42. The van der Waals surface area contributed by atoms with Crippen molar-refractivity contribution in [3.05, 3.63) is 0 Å². The van der Waals surface area contributed by atoms with Crippen LogP contribution in [0.1, 0.15) is 12.8 Å². The molecule has 126 valence electrons. The Morgan fingerprint density at radius 3 is 2.77 bits per heavy atom. The molecule has 0 aliphatic carbocycles. The molecule has 2 N–H and O–H groups in total. The van der Waals surface area contributed by atoms with Gasteiger partial charge < -0.3 is 9.64 Å². The Kier molecular flexibility index (Phi) is 5.18. The summed E-state index contributed by atoms with van der Waals surface area (Å²) in [5, 5.41) is 0.578. The summed E-state index contributed by atoms with van der Waals surface area (Å²) < 4.78 is 39.2. The van der Waals surface area contributed by atoms with E-state index in [2.05, 4.69) is 9.76 Å². The van der Waals surface area contributed by atoms with E-state index in [1.807, 2.05) is 0 Å². The highest BCUT2D eigenvalue weighted by molar-refractivity contribution is 7.80. The normalized spacial score (nSPS) is 24.7. The molecule has 3 amide bonds. The largest absolute Gasteiger partial charge is 0.418 e. The van der Waals surface area contributed by atoms with Gasteiger partial charge in [-0.25, -0.2) is 10.3 Å². The number of hydrogen-bond acceptors (Lipinski definition) is 7. The molecule has 0 aromatic heterocycles. The Hall–Kier alpha value is -1.47. The predicted octanol–water partition coefficient (Wildman–Crippen LogP) is -1.32. The highest BCUT2D eigenvalue weighted by Crippen LogP contribution is 2.30. The molecule has 2 rings (SSSR count). The highest BCUT2D eigenvalue weighted by Gasteiger charge is 2.49. The van der Waals surface area contributed by atoms with Gasteiger partial charge in [0.05, 0.1) is 19.3 Å². The van der Waals surface area contributed by atoms with Crippen LogP contribution in [0.25, 0.3) is 0 Å². The third-order valence-corrected chi connectivity index (χ3v) is 3.71. The monoisotopic (exact) mass is 339 g/mol. The molecule has 2 aliphatic rings. The summed E-state index contributed by atoms with van der Waals surface area (Å²) in [5.41, 5.74) is 2.21. The number of methoxy groups -OCH3 is 1. The molecular formula is C10H17N3O8S. The lowest BCUT2D eigenvalue weighted by Crippen LogP contribution is -2.49. The minimum Gasteiger partial charge on any atom is -0.382 e.